The van der Waals surface area contributed by atoms with Crippen molar-refractivity contribution < 1.29 is 31.4 Å². The Labute approximate surface area is 299 Å². The number of hydrogen-bond acceptors (Lipinski definition) is 4. The Morgan fingerprint density at radius 3 is 2.49 bits per heavy atom. The molecule has 0 amide bonds. The van der Waals surface area contributed by atoms with Crippen molar-refractivity contribution in [1.29, 1.82) is 0 Å². The summed E-state index contributed by atoms with van der Waals surface area (Å²) in [6.07, 6.45) is 0.328. The van der Waals surface area contributed by atoms with Gasteiger partial charge in [0.1, 0.15) is 5.58 Å². The first-order valence-corrected chi connectivity index (χ1v) is 19.0. The van der Waals surface area contributed by atoms with Gasteiger partial charge in [0.2, 0.25) is 0 Å². The average molecular weight is 820 g/mol. The molecule has 3 aromatic carbocycles. The van der Waals surface area contributed by atoms with Crippen LogP contribution in [-0.2, 0) is 33.5 Å². The van der Waals surface area contributed by atoms with Crippen LogP contribution in [0, 0.1) is 38.8 Å². The van der Waals surface area contributed by atoms with Gasteiger partial charge in [0.25, 0.3) is 0 Å². The smallest absolute Gasteiger partial charge is 0.120 e. The second kappa shape index (κ2) is 13.7. The van der Waals surface area contributed by atoms with E-state index in [0.29, 0.717) is 16.8 Å². The zero-order chi connectivity index (χ0) is 37.0. The topological polar surface area (TPSA) is 56.7 Å². The average Bonchev–Trinajstić information content (AvgIpc) is 3.62. The van der Waals surface area contributed by atoms with Crippen LogP contribution in [0.3, 0.4) is 0 Å². The fourth-order valence-corrected chi connectivity index (χ4v) is 7.19. The third kappa shape index (κ3) is 7.03. The molecule has 5 nitrogen and oxygen atoms in total. The van der Waals surface area contributed by atoms with Crippen LogP contribution >= 0.6 is 0 Å². The second-order valence-electron chi connectivity index (χ2n) is 13.1. The van der Waals surface area contributed by atoms with E-state index in [0.717, 1.165) is 60.9 Å². The monoisotopic (exact) mass is 820 g/mol. The van der Waals surface area contributed by atoms with Gasteiger partial charge in [-0.25, -0.2) is 0 Å². The minimum atomic E-state index is -2.16. The van der Waals surface area contributed by atoms with Gasteiger partial charge in [0.05, 0.1) is 36.2 Å². The normalized spacial score (nSPS) is 13.8. The van der Waals surface area contributed by atoms with Crippen molar-refractivity contribution >= 4 is 46.2 Å². The number of para-hydroxylation sites is 1. The maximum absolute atomic E-state index is 8.59. The fraction of sp³-hybridized carbons (Fsp3) is 0.275. The number of furan rings is 1. The number of aryl methyl sites for hydroxylation is 4. The Morgan fingerprint density at radius 2 is 1.79 bits per heavy atom. The number of hydrogen-bond donors (Lipinski definition) is 0. The van der Waals surface area contributed by atoms with Crippen molar-refractivity contribution in [2.75, 3.05) is 0 Å². The molecule has 0 aliphatic heterocycles. The van der Waals surface area contributed by atoms with Gasteiger partial charge in [-0.2, -0.15) is 0 Å². The van der Waals surface area contributed by atoms with Gasteiger partial charge < -0.3 is 14.0 Å². The molecule has 0 N–H and O–H groups in total. The molecule has 243 valence electrons. The van der Waals surface area contributed by atoms with Crippen molar-refractivity contribution in [2.24, 2.45) is 13.0 Å². The fourth-order valence-electron chi connectivity index (χ4n) is 5.79. The second-order valence-corrected chi connectivity index (χ2v) is 18.1. The number of aromatic nitrogens is 4. The molecule has 47 heavy (non-hydrogen) atoms. The van der Waals surface area contributed by atoms with Gasteiger partial charge in [-0.1, -0.05) is 81.1 Å². The summed E-state index contributed by atoms with van der Waals surface area (Å²) in [5.41, 5.74) is 8.71. The third-order valence-electron chi connectivity index (χ3n) is 7.98. The van der Waals surface area contributed by atoms with Crippen molar-refractivity contribution in [1.82, 2.24) is 19.5 Å². The quantitative estimate of drug-likeness (QED) is 0.128. The SMILES string of the molecule is Cc1cc2c(nc(-c3[c-]ccc4c3oc3ccccc34)n2C)c(C)n1.[2H]C([2H])([2H])c1c[c-]c(-c2cc(C([2H])([2H])C(C)C)c([Si](C)(C)C)cn2)cc1.[Ir]. The molecule has 4 heterocycles. The van der Waals surface area contributed by atoms with Crippen LogP contribution in [0.5, 0.6) is 0 Å². The van der Waals surface area contributed by atoms with Gasteiger partial charge in [0, 0.05) is 51.3 Å². The van der Waals surface area contributed by atoms with Crippen LogP contribution in [0.4, 0.5) is 0 Å². The summed E-state index contributed by atoms with van der Waals surface area (Å²) in [7, 11) is 0.248. The van der Waals surface area contributed by atoms with Crippen molar-refractivity contribution in [3.05, 3.63) is 108 Å². The van der Waals surface area contributed by atoms with Gasteiger partial charge in [-0.3, -0.25) is 9.97 Å². The summed E-state index contributed by atoms with van der Waals surface area (Å²) in [5.74, 6) is 0.671. The molecule has 1 radical (unpaired) electrons. The number of fused-ring (bicyclic) bond motifs is 4. The van der Waals surface area contributed by atoms with E-state index < -0.39 is 21.3 Å². The van der Waals surface area contributed by atoms with E-state index >= 15 is 0 Å². The number of rotatable bonds is 5. The first kappa shape index (κ1) is 28.1. The number of imidazole rings is 1. The molecule has 0 fully saturated rings. The Hall–Kier alpha value is -3.90. The molecule has 7 aromatic rings. The molecule has 4 aromatic heterocycles. The van der Waals surface area contributed by atoms with Gasteiger partial charge in [-0.05, 0) is 49.2 Å². The first-order chi connectivity index (χ1) is 23.9. The summed E-state index contributed by atoms with van der Waals surface area (Å²) in [4.78, 5) is 13.9. The molecule has 0 aliphatic carbocycles. The van der Waals surface area contributed by atoms with Crippen molar-refractivity contribution in [2.45, 2.75) is 60.6 Å². The van der Waals surface area contributed by atoms with Gasteiger partial charge in [-0.15, -0.1) is 53.6 Å². The molecule has 0 unspecified atom stereocenters. The van der Waals surface area contributed by atoms with E-state index in [1.54, 1.807) is 18.3 Å². The molecule has 0 saturated carbocycles. The summed E-state index contributed by atoms with van der Waals surface area (Å²) in [5, 5.41) is 3.21. The van der Waals surface area contributed by atoms with E-state index in [1.165, 1.54) is 6.07 Å². The minimum Gasteiger partial charge on any atom is -0.501 e. The predicted molar refractivity (Wildman–Crippen MR) is 194 cm³/mol. The molecule has 7 rings (SSSR count). The minimum absolute atomic E-state index is 0. The Morgan fingerprint density at radius 1 is 1.00 bits per heavy atom. The van der Waals surface area contributed by atoms with E-state index in [4.69, 9.17) is 16.3 Å². The largest absolute Gasteiger partial charge is 0.501 e. The van der Waals surface area contributed by atoms with E-state index in [-0.39, 0.29) is 31.6 Å². The van der Waals surface area contributed by atoms with Crippen molar-refractivity contribution in [3.63, 3.8) is 0 Å². The Bertz CT molecular complexity index is 2390. The standard InChI is InChI=1S/C21H16N3O.C19H26NSi.Ir/c1-12-11-17-19(13(2)22-12)23-21(24(17)3)16-9-6-8-15-14-7-4-5-10-18(14)25-20(15)16;1-14(2)11-17-12-18(16-9-7-15(3)8-10-16)20-13-19(17)21(4,5)6;/h4-8,10-11H,1-3H3;7-9,12-14H,11H2,1-6H3;/q2*-1;/i;3D3,11D2;. The summed E-state index contributed by atoms with van der Waals surface area (Å²) in [6.45, 7) is 12.1. The number of pyridine rings is 2. The third-order valence-corrected chi connectivity index (χ3v) is 9.99. The summed E-state index contributed by atoms with van der Waals surface area (Å²) >= 11 is 0. The van der Waals surface area contributed by atoms with Crippen LogP contribution in [0.25, 0.3) is 55.6 Å². The summed E-state index contributed by atoms with van der Waals surface area (Å²) < 4.78 is 47.8. The molecule has 7 heteroatoms. The van der Waals surface area contributed by atoms with Crippen LogP contribution in [0.2, 0.25) is 19.6 Å². The molecular weight excluding hydrogens is 773 g/mol. The van der Waals surface area contributed by atoms with Crippen LogP contribution < -0.4 is 5.19 Å². The Balaban J connectivity index is 0.000000197. The van der Waals surface area contributed by atoms with E-state index in [2.05, 4.69) is 58.4 Å². The van der Waals surface area contributed by atoms with E-state index in [1.807, 2.05) is 71.1 Å². The first-order valence-electron chi connectivity index (χ1n) is 18.0. The Kier molecular flexibility index (Phi) is 8.19. The van der Waals surface area contributed by atoms with Gasteiger partial charge >= 0.3 is 0 Å². The molecule has 0 bridgehead atoms. The van der Waals surface area contributed by atoms with Crippen LogP contribution in [0.15, 0.2) is 77.3 Å². The van der Waals surface area contributed by atoms with Crippen molar-refractivity contribution in [3.8, 4) is 22.6 Å². The maximum Gasteiger partial charge on any atom is 0.120 e. The molecular formula is C40H42IrN4OSi-2. The van der Waals surface area contributed by atoms with Crippen LogP contribution in [-0.4, -0.2) is 27.6 Å². The molecule has 0 aliphatic rings. The molecule has 0 saturated heterocycles. The zero-order valence-electron chi connectivity index (χ0n) is 33.0. The van der Waals surface area contributed by atoms with Gasteiger partial charge in [0.15, 0.2) is 0 Å². The molecule has 0 atom stereocenters. The number of nitrogens with zero attached hydrogens (tertiary/aromatic N) is 4. The number of benzene rings is 3. The zero-order valence-corrected chi connectivity index (χ0v) is 31.4. The molecule has 0 spiro atoms. The summed E-state index contributed by atoms with van der Waals surface area (Å²) in [6, 6.07) is 27.0. The maximum atomic E-state index is 8.59. The van der Waals surface area contributed by atoms with Crippen LogP contribution in [0.1, 0.15) is 43.2 Å². The predicted octanol–water partition coefficient (Wildman–Crippen LogP) is 9.55. The van der Waals surface area contributed by atoms with E-state index in [9.17, 15) is 0 Å².